The highest BCUT2D eigenvalue weighted by Crippen LogP contribution is 2.17. The van der Waals surface area contributed by atoms with Crippen molar-refractivity contribution in [2.45, 2.75) is 26.3 Å². The molecule has 2 aromatic rings. The molecule has 0 radical (unpaired) electrons. The Morgan fingerprint density at radius 2 is 1.84 bits per heavy atom. The van der Waals surface area contributed by atoms with Crippen LogP contribution in [0.5, 0.6) is 0 Å². The first-order valence-corrected chi connectivity index (χ1v) is 10.7. The van der Waals surface area contributed by atoms with E-state index in [1.54, 1.807) is 7.05 Å². The number of hydrogen-bond donors (Lipinski definition) is 3. The third-order valence-corrected chi connectivity index (χ3v) is 5.30. The zero-order chi connectivity index (χ0) is 22.1. The van der Waals surface area contributed by atoms with Gasteiger partial charge in [0, 0.05) is 58.2 Å². The van der Waals surface area contributed by atoms with E-state index in [0.717, 1.165) is 30.8 Å². The quantitative estimate of drug-likeness (QED) is 0.269. The first kappa shape index (κ1) is 25.6. The SMILES string of the molecule is CN=C(NCc1cccc(NC(C)=O)c1)NCC1CC(=O)N(CCc2ccccc2)C1.I. The highest BCUT2D eigenvalue weighted by Gasteiger charge is 2.29. The van der Waals surface area contributed by atoms with Gasteiger partial charge in [0.1, 0.15) is 0 Å². The number of carbonyl (C=O) groups excluding carboxylic acids is 2. The van der Waals surface area contributed by atoms with E-state index < -0.39 is 0 Å². The normalized spacial score (nSPS) is 15.8. The number of nitrogens with one attached hydrogen (secondary N) is 3. The largest absolute Gasteiger partial charge is 0.356 e. The topological polar surface area (TPSA) is 85.8 Å². The summed E-state index contributed by atoms with van der Waals surface area (Å²) in [6.07, 6.45) is 1.45. The summed E-state index contributed by atoms with van der Waals surface area (Å²) in [6.45, 7) is 4.30. The molecule has 1 unspecified atom stereocenters. The summed E-state index contributed by atoms with van der Waals surface area (Å²) in [6, 6.07) is 18.0. The van der Waals surface area contributed by atoms with Gasteiger partial charge in [-0.2, -0.15) is 0 Å². The predicted molar refractivity (Wildman–Crippen MR) is 139 cm³/mol. The summed E-state index contributed by atoms with van der Waals surface area (Å²) in [7, 11) is 1.73. The molecule has 0 aliphatic carbocycles. The lowest BCUT2D eigenvalue weighted by Gasteiger charge is -2.18. The number of hydrogen-bond acceptors (Lipinski definition) is 3. The van der Waals surface area contributed by atoms with Gasteiger partial charge >= 0.3 is 0 Å². The summed E-state index contributed by atoms with van der Waals surface area (Å²) < 4.78 is 0. The van der Waals surface area contributed by atoms with Crippen LogP contribution in [0.3, 0.4) is 0 Å². The molecule has 172 valence electrons. The van der Waals surface area contributed by atoms with Gasteiger partial charge in [0.05, 0.1) is 0 Å². The van der Waals surface area contributed by atoms with Crippen LogP contribution < -0.4 is 16.0 Å². The van der Waals surface area contributed by atoms with Gasteiger partial charge in [0.25, 0.3) is 0 Å². The molecular formula is C24H32IN5O2. The number of anilines is 1. The van der Waals surface area contributed by atoms with Gasteiger partial charge in [-0.05, 0) is 29.7 Å². The molecule has 3 N–H and O–H groups in total. The molecule has 8 heteroatoms. The van der Waals surface area contributed by atoms with Crippen molar-refractivity contribution in [1.82, 2.24) is 15.5 Å². The van der Waals surface area contributed by atoms with Crippen molar-refractivity contribution < 1.29 is 9.59 Å². The number of aliphatic imine (C=N–C) groups is 1. The van der Waals surface area contributed by atoms with E-state index in [4.69, 9.17) is 0 Å². The third-order valence-electron chi connectivity index (χ3n) is 5.30. The molecule has 0 aromatic heterocycles. The van der Waals surface area contributed by atoms with E-state index in [9.17, 15) is 9.59 Å². The van der Waals surface area contributed by atoms with E-state index >= 15 is 0 Å². The van der Waals surface area contributed by atoms with Crippen molar-refractivity contribution in [3.8, 4) is 0 Å². The fourth-order valence-corrected chi connectivity index (χ4v) is 3.73. The second-order valence-electron chi connectivity index (χ2n) is 7.83. The van der Waals surface area contributed by atoms with E-state index in [-0.39, 0.29) is 41.7 Å². The summed E-state index contributed by atoms with van der Waals surface area (Å²) >= 11 is 0. The van der Waals surface area contributed by atoms with Crippen molar-refractivity contribution in [3.05, 3.63) is 65.7 Å². The maximum atomic E-state index is 12.4. The summed E-state index contributed by atoms with van der Waals surface area (Å²) in [5.74, 6) is 1.09. The number of guanidine groups is 1. The first-order valence-electron chi connectivity index (χ1n) is 10.7. The van der Waals surface area contributed by atoms with Crippen LogP contribution in [0, 0.1) is 5.92 Å². The Hall–Kier alpha value is -2.62. The zero-order valence-corrected chi connectivity index (χ0v) is 21.0. The molecule has 0 saturated carbocycles. The molecule has 0 spiro atoms. The highest BCUT2D eigenvalue weighted by molar-refractivity contribution is 14.0. The summed E-state index contributed by atoms with van der Waals surface area (Å²) in [5.41, 5.74) is 3.07. The third kappa shape index (κ3) is 8.14. The van der Waals surface area contributed by atoms with Crippen LogP contribution in [-0.2, 0) is 22.6 Å². The number of rotatable bonds is 8. The average molecular weight is 549 g/mol. The Bertz CT molecular complexity index is 920. The van der Waals surface area contributed by atoms with Crippen LogP contribution in [0.15, 0.2) is 59.6 Å². The number of nitrogens with zero attached hydrogens (tertiary/aromatic N) is 2. The fraction of sp³-hybridized carbons (Fsp3) is 0.375. The molecular weight excluding hydrogens is 517 g/mol. The monoisotopic (exact) mass is 549 g/mol. The minimum atomic E-state index is -0.0912. The van der Waals surface area contributed by atoms with Gasteiger partial charge in [0.15, 0.2) is 5.96 Å². The number of halogens is 1. The summed E-state index contributed by atoms with van der Waals surface area (Å²) in [4.78, 5) is 29.8. The van der Waals surface area contributed by atoms with Crippen molar-refractivity contribution >= 4 is 47.4 Å². The van der Waals surface area contributed by atoms with Crippen molar-refractivity contribution in [2.75, 3.05) is 32.0 Å². The highest BCUT2D eigenvalue weighted by atomic mass is 127. The first-order chi connectivity index (χ1) is 15.0. The van der Waals surface area contributed by atoms with Gasteiger partial charge in [-0.15, -0.1) is 24.0 Å². The van der Waals surface area contributed by atoms with Crippen LogP contribution in [-0.4, -0.2) is 49.4 Å². The second kappa shape index (κ2) is 13.0. The number of benzene rings is 2. The molecule has 1 atom stereocenters. The standard InChI is InChI=1S/C24H31N5O2.HI/c1-18(30)28-22-10-6-9-20(13-22)15-26-24(25-2)27-16-21-14-23(31)29(17-21)12-11-19-7-4-3-5-8-19;/h3-10,13,21H,11-12,14-17H2,1-2H3,(H,28,30)(H2,25,26,27);1H. The number of likely N-dealkylation sites (tertiary alicyclic amines) is 1. The molecule has 2 aromatic carbocycles. The Morgan fingerprint density at radius 1 is 1.09 bits per heavy atom. The molecule has 32 heavy (non-hydrogen) atoms. The van der Waals surface area contributed by atoms with Crippen molar-refractivity contribution in [3.63, 3.8) is 0 Å². The lowest BCUT2D eigenvalue weighted by atomic mass is 10.1. The van der Waals surface area contributed by atoms with Crippen LogP contribution in [0.4, 0.5) is 5.69 Å². The molecule has 1 heterocycles. The van der Waals surface area contributed by atoms with Crippen LogP contribution in [0.25, 0.3) is 0 Å². The van der Waals surface area contributed by atoms with Gasteiger partial charge in [0.2, 0.25) is 11.8 Å². The van der Waals surface area contributed by atoms with E-state index in [1.165, 1.54) is 12.5 Å². The summed E-state index contributed by atoms with van der Waals surface area (Å²) in [5, 5.41) is 9.41. The van der Waals surface area contributed by atoms with Crippen LogP contribution in [0.2, 0.25) is 0 Å². The average Bonchev–Trinajstić information content (AvgIpc) is 3.12. The van der Waals surface area contributed by atoms with E-state index in [0.29, 0.717) is 25.5 Å². The molecule has 1 fully saturated rings. The lowest BCUT2D eigenvalue weighted by Crippen LogP contribution is -2.40. The molecule has 2 amide bonds. The Balaban J connectivity index is 0.00000363. The Labute approximate surface area is 207 Å². The number of carbonyl (C=O) groups is 2. The minimum Gasteiger partial charge on any atom is -0.356 e. The maximum absolute atomic E-state index is 12.4. The maximum Gasteiger partial charge on any atom is 0.223 e. The van der Waals surface area contributed by atoms with E-state index in [1.807, 2.05) is 47.4 Å². The smallest absolute Gasteiger partial charge is 0.223 e. The molecule has 7 nitrogen and oxygen atoms in total. The lowest BCUT2D eigenvalue weighted by molar-refractivity contribution is -0.127. The van der Waals surface area contributed by atoms with Crippen molar-refractivity contribution in [2.24, 2.45) is 10.9 Å². The van der Waals surface area contributed by atoms with Crippen LogP contribution >= 0.6 is 24.0 Å². The zero-order valence-electron chi connectivity index (χ0n) is 18.6. The Morgan fingerprint density at radius 3 is 2.56 bits per heavy atom. The van der Waals surface area contributed by atoms with E-state index in [2.05, 4.69) is 33.1 Å². The fourth-order valence-electron chi connectivity index (χ4n) is 3.73. The predicted octanol–water partition coefficient (Wildman–Crippen LogP) is 3.02. The van der Waals surface area contributed by atoms with Gasteiger partial charge in [-0.1, -0.05) is 42.5 Å². The van der Waals surface area contributed by atoms with Gasteiger partial charge < -0.3 is 20.9 Å². The molecule has 1 saturated heterocycles. The van der Waals surface area contributed by atoms with Gasteiger partial charge in [-0.3, -0.25) is 14.6 Å². The molecule has 1 aliphatic rings. The van der Waals surface area contributed by atoms with Crippen LogP contribution in [0.1, 0.15) is 24.5 Å². The van der Waals surface area contributed by atoms with Gasteiger partial charge in [-0.25, -0.2) is 0 Å². The molecule has 0 bridgehead atoms. The molecule has 3 rings (SSSR count). The minimum absolute atomic E-state index is 0. The second-order valence-corrected chi connectivity index (χ2v) is 7.83. The Kier molecular flexibility index (Phi) is 10.5. The van der Waals surface area contributed by atoms with Crippen molar-refractivity contribution in [1.29, 1.82) is 0 Å². The molecule has 1 aliphatic heterocycles. The number of amides is 2.